The quantitative estimate of drug-likeness (QED) is 0.518. The van der Waals surface area contributed by atoms with Crippen molar-refractivity contribution in [2.45, 2.75) is 96.3 Å². The molecule has 0 aromatic heterocycles. The van der Waals surface area contributed by atoms with Gasteiger partial charge in [-0.2, -0.15) is 0 Å². The molecule has 1 N–H and O–H groups in total. The molecule has 2 aliphatic carbocycles. The molecule has 3 rings (SSSR count). The molecular weight excluding hydrogens is 335 g/mol. The number of aryl methyl sites for hydroxylation is 1. The van der Waals surface area contributed by atoms with Crippen LogP contribution in [0.3, 0.4) is 0 Å². The lowest BCUT2D eigenvalue weighted by atomic mass is 9.68. The van der Waals surface area contributed by atoms with Crippen LogP contribution >= 0.6 is 0 Å². The van der Waals surface area contributed by atoms with Crippen LogP contribution in [0.1, 0.15) is 101 Å². The molecule has 0 amide bonds. The van der Waals surface area contributed by atoms with E-state index in [1.165, 1.54) is 76.2 Å². The largest absolute Gasteiger partial charge is 0.396 e. The summed E-state index contributed by atoms with van der Waals surface area (Å²) in [5, 5.41) is 8.94. The van der Waals surface area contributed by atoms with Crippen LogP contribution in [0.5, 0.6) is 0 Å². The van der Waals surface area contributed by atoms with Gasteiger partial charge in [0.05, 0.1) is 0 Å². The average molecular weight is 375 g/mol. The smallest absolute Gasteiger partial charge is 0.126 e. The minimum atomic E-state index is -0.0755. The fraction of sp³-hybridized carbons (Fsp3) is 0.760. The zero-order valence-electron chi connectivity index (χ0n) is 17.3. The first-order valence-electron chi connectivity index (χ1n) is 11.6. The van der Waals surface area contributed by atoms with E-state index >= 15 is 0 Å². The molecule has 27 heavy (non-hydrogen) atoms. The van der Waals surface area contributed by atoms with Crippen molar-refractivity contribution in [1.29, 1.82) is 0 Å². The van der Waals surface area contributed by atoms with E-state index in [-0.39, 0.29) is 12.4 Å². The van der Waals surface area contributed by atoms with Gasteiger partial charge in [-0.25, -0.2) is 4.39 Å². The fourth-order valence-corrected chi connectivity index (χ4v) is 5.65. The first-order valence-corrected chi connectivity index (χ1v) is 11.6. The predicted octanol–water partition coefficient (Wildman–Crippen LogP) is 7.02. The Morgan fingerprint density at radius 1 is 0.926 bits per heavy atom. The van der Waals surface area contributed by atoms with E-state index in [9.17, 15) is 4.39 Å². The number of aliphatic hydroxyl groups is 1. The van der Waals surface area contributed by atoms with Gasteiger partial charge in [-0.1, -0.05) is 51.2 Å². The van der Waals surface area contributed by atoms with Crippen molar-refractivity contribution in [3.63, 3.8) is 0 Å². The van der Waals surface area contributed by atoms with Gasteiger partial charge in [0, 0.05) is 6.61 Å². The van der Waals surface area contributed by atoms with Crippen LogP contribution < -0.4 is 0 Å². The maximum Gasteiger partial charge on any atom is 0.126 e. The Balaban J connectivity index is 1.46. The minimum absolute atomic E-state index is 0.0755. The maximum atomic E-state index is 14.3. The predicted molar refractivity (Wildman–Crippen MR) is 111 cm³/mol. The molecule has 0 saturated heterocycles. The summed E-state index contributed by atoms with van der Waals surface area (Å²) >= 11 is 0. The fourth-order valence-electron chi connectivity index (χ4n) is 5.65. The molecule has 0 bridgehead atoms. The van der Waals surface area contributed by atoms with Gasteiger partial charge in [0.1, 0.15) is 5.82 Å². The Bertz CT molecular complexity index is 553. The Morgan fingerprint density at radius 3 is 2.19 bits per heavy atom. The van der Waals surface area contributed by atoms with Crippen molar-refractivity contribution >= 4 is 0 Å². The molecule has 152 valence electrons. The van der Waals surface area contributed by atoms with Gasteiger partial charge < -0.3 is 5.11 Å². The van der Waals surface area contributed by atoms with Crippen molar-refractivity contribution in [2.75, 3.05) is 6.61 Å². The zero-order chi connectivity index (χ0) is 19.1. The lowest BCUT2D eigenvalue weighted by molar-refractivity contribution is 0.156. The lowest BCUT2D eigenvalue weighted by Gasteiger charge is -2.38. The van der Waals surface area contributed by atoms with Crippen LogP contribution in [0, 0.1) is 23.6 Å². The molecule has 0 spiro atoms. The zero-order valence-corrected chi connectivity index (χ0v) is 17.3. The molecule has 0 unspecified atom stereocenters. The minimum Gasteiger partial charge on any atom is -0.396 e. The highest BCUT2D eigenvalue weighted by atomic mass is 19.1. The molecule has 1 aromatic carbocycles. The van der Waals surface area contributed by atoms with Crippen LogP contribution in [0.25, 0.3) is 0 Å². The molecule has 2 fully saturated rings. The molecule has 2 saturated carbocycles. The van der Waals surface area contributed by atoms with E-state index in [1.807, 2.05) is 6.07 Å². The first-order chi connectivity index (χ1) is 13.2. The summed E-state index contributed by atoms with van der Waals surface area (Å²) in [5.41, 5.74) is 1.95. The van der Waals surface area contributed by atoms with E-state index in [4.69, 9.17) is 5.11 Å². The van der Waals surface area contributed by atoms with Crippen molar-refractivity contribution < 1.29 is 9.50 Å². The van der Waals surface area contributed by atoms with Crippen molar-refractivity contribution in [2.24, 2.45) is 17.8 Å². The van der Waals surface area contributed by atoms with Gasteiger partial charge in [-0.05, 0) is 92.2 Å². The Morgan fingerprint density at radius 2 is 1.59 bits per heavy atom. The number of hydrogen-bond donors (Lipinski definition) is 1. The van der Waals surface area contributed by atoms with Gasteiger partial charge >= 0.3 is 0 Å². The highest BCUT2D eigenvalue weighted by Gasteiger charge is 2.31. The van der Waals surface area contributed by atoms with E-state index in [2.05, 4.69) is 13.0 Å². The third-order valence-electron chi connectivity index (χ3n) is 7.45. The van der Waals surface area contributed by atoms with E-state index < -0.39 is 0 Å². The lowest BCUT2D eigenvalue weighted by Crippen LogP contribution is -2.25. The molecule has 0 heterocycles. The standard InChI is InChI=1S/C25H39FO/c1-2-3-5-19-7-9-20(10-8-19)21-11-13-22(14-12-21)24-16-15-23(6-4-17-27)25(26)18-24/h15-16,18-22,27H,2-14,17H2,1H3. The molecule has 0 radical (unpaired) electrons. The first kappa shape index (κ1) is 20.8. The highest BCUT2D eigenvalue weighted by Crippen LogP contribution is 2.44. The summed E-state index contributed by atoms with van der Waals surface area (Å²) in [7, 11) is 0. The number of aliphatic hydroxyl groups excluding tert-OH is 1. The van der Waals surface area contributed by atoms with Crippen molar-refractivity contribution in [3.8, 4) is 0 Å². The molecule has 1 nitrogen and oxygen atoms in total. The van der Waals surface area contributed by atoms with Gasteiger partial charge in [0.25, 0.3) is 0 Å². The van der Waals surface area contributed by atoms with Crippen LogP contribution in [0.15, 0.2) is 18.2 Å². The second kappa shape index (κ2) is 10.6. The van der Waals surface area contributed by atoms with Crippen LogP contribution in [-0.4, -0.2) is 11.7 Å². The van der Waals surface area contributed by atoms with Gasteiger partial charge in [-0.15, -0.1) is 0 Å². The van der Waals surface area contributed by atoms with E-state index in [0.29, 0.717) is 18.8 Å². The SMILES string of the molecule is CCCCC1CCC(C2CCC(c3ccc(CCCO)c(F)c3)CC2)CC1. The normalized spacial score (nSPS) is 29.0. The molecule has 2 heteroatoms. The third-order valence-corrected chi connectivity index (χ3v) is 7.45. The second-order valence-corrected chi connectivity index (χ2v) is 9.21. The van der Waals surface area contributed by atoms with Crippen LogP contribution in [0.4, 0.5) is 4.39 Å². The Hall–Kier alpha value is -0.890. The van der Waals surface area contributed by atoms with E-state index in [1.54, 1.807) is 6.07 Å². The Labute approximate surface area is 165 Å². The number of halogens is 1. The second-order valence-electron chi connectivity index (χ2n) is 9.21. The van der Waals surface area contributed by atoms with Crippen LogP contribution in [0.2, 0.25) is 0 Å². The molecule has 0 aliphatic heterocycles. The topological polar surface area (TPSA) is 20.2 Å². The molecular formula is C25H39FO. The molecule has 0 atom stereocenters. The highest BCUT2D eigenvalue weighted by molar-refractivity contribution is 5.27. The van der Waals surface area contributed by atoms with Crippen LogP contribution in [-0.2, 0) is 6.42 Å². The number of hydrogen-bond acceptors (Lipinski definition) is 1. The summed E-state index contributed by atoms with van der Waals surface area (Å²) in [4.78, 5) is 0. The monoisotopic (exact) mass is 374 g/mol. The number of unbranched alkanes of at least 4 members (excludes halogenated alkanes) is 1. The van der Waals surface area contributed by atoms with Gasteiger partial charge in [-0.3, -0.25) is 0 Å². The molecule has 2 aliphatic rings. The summed E-state index contributed by atoms with van der Waals surface area (Å²) in [6.45, 7) is 2.43. The average Bonchev–Trinajstić information content (AvgIpc) is 2.72. The van der Waals surface area contributed by atoms with Gasteiger partial charge in [0.2, 0.25) is 0 Å². The summed E-state index contributed by atoms with van der Waals surface area (Å²) in [6, 6.07) is 5.86. The number of rotatable bonds is 8. The maximum absolute atomic E-state index is 14.3. The van der Waals surface area contributed by atoms with Crippen molar-refractivity contribution in [1.82, 2.24) is 0 Å². The third kappa shape index (κ3) is 5.79. The molecule has 1 aromatic rings. The summed E-state index contributed by atoms with van der Waals surface area (Å²) < 4.78 is 14.3. The van der Waals surface area contributed by atoms with E-state index in [0.717, 1.165) is 23.3 Å². The Kier molecular flexibility index (Phi) is 8.18. The summed E-state index contributed by atoms with van der Waals surface area (Å²) in [6.07, 6.45) is 16.5. The number of benzene rings is 1. The van der Waals surface area contributed by atoms with Gasteiger partial charge in [0.15, 0.2) is 0 Å². The summed E-state index contributed by atoms with van der Waals surface area (Å²) in [5.74, 6) is 3.35. The van der Waals surface area contributed by atoms with Crippen molar-refractivity contribution in [3.05, 3.63) is 35.1 Å².